The van der Waals surface area contributed by atoms with Gasteiger partial charge in [0.15, 0.2) is 12.6 Å². The maximum atomic E-state index is 10.5. The van der Waals surface area contributed by atoms with Crippen molar-refractivity contribution in [2.45, 2.75) is 36.9 Å². The fourth-order valence-electron chi connectivity index (χ4n) is 3.15. The topological polar surface area (TPSA) is 60.4 Å². The summed E-state index contributed by atoms with van der Waals surface area (Å²) >= 11 is 0. The van der Waals surface area contributed by atoms with E-state index in [2.05, 4.69) is 0 Å². The normalized spacial score (nSPS) is 38.8. The monoisotopic (exact) mass is 309 g/mol. The molecule has 3 rings (SSSR count). The zero-order valence-corrected chi connectivity index (χ0v) is 13.1. The van der Waals surface area contributed by atoms with E-state index < -0.39 is 18.7 Å². The Morgan fingerprint density at radius 3 is 2.55 bits per heavy atom. The number of aliphatic hydroxyl groups excluding tert-OH is 1. The van der Waals surface area contributed by atoms with Gasteiger partial charge in [0.2, 0.25) is 0 Å². The summed E-state index contributed by atoms with van der Waals surface area (Å²) in [4.78, 5) is 1.95. The number of nitrogens with zero attached hydrogens (tertiary/aromatic N) is 1. The van der Waals surface area contributed by atoms with E-state index in [4.69, 9.17) is 18.9 Å². The third-order valence-corrected chi connectivity index (χ3v) is 4.23. The number of methoxy groups -OCH3 is 1. The molecule has 0 saturated carbocycles. The van der Waals surface area contributed by atoms with Crippen LogP contribution in [0, 0.1) is 0 Å². The minimum absolute atomic E-state index is 0.223. The first-order valence-corrected chi connectivity index (χ1v) is 7.46. The molecule has 2 fully saturated rings. The van der Waals surface area contributed by atoms with E-state index in [-0.39, 0.29) is 18.2 Å². The predicted molar refractivity (Wildman–Crippen MR) is 79.2 cm³/mol. The van der Waals surface area contributed by atoms with Crippen LogP contribution in [0.15, 0.2) is 30.3 Å². The Kier molecular flexibility index (Phi) is 4.77. The molecule has 2 aliphatic rings. The number of benzene rings is 1. The molecular weight excluding hydrogens is 286 g/mol. The third-order valence-electron chi connectivity index (χ3n) is 4.23. The summed E-state index contributed by atoms with van der Waals surface area (Å²) in [5.74, 6) is 0. The SMILES string of the molecule is CO[C@@H]1O[C@@H]2CO[C@H](c3ccccc3)O[C@@H]2[C@H](N(C)C)[C@H]1O. The number of hydrogen-bond acceptors (Lipinski definition) is 6. The first kappa shape index (κ1) is 15.9. The van der Waals surface area contributed by atoms with Crippen LogP contribution in [0.25, 0.3) is 0 Å². The summed E-state index contributed by atoms with van der Waals surface area (Å²) in [6.07, 6.45) is -2.44. The van der Waals surface area contributed by atoms with Crippen molar-refractivity contribution in [1.82, 2.24) is 4.90 Å². The van der Waals surface area contributed by atoms with Crippen molar-refractivity contribution in [2.75, 3.05) is 27.8 Å². The molecule has 6 atom stereocenters. The predicted octanol–water partition coefficient (Wildman–Crippen LogP) is 0.763. The standard InChI is InChI=1S/C16H23NO5/c1-17(2)12-13(18)16(19-3)21-11-9-20-15(22-14(11)12)10-7-5-4-6-8-10/h4-8,11-16,18H,9H2,1-3H3/t11-,12-,13-,14+,15+,16-/m1/s1. The molecular formula is C16H23NO5. The fraction of sp³-hybridized carbons (Fsp3) is 0.625. The van der Waals surface area contributed by atoms with Gasteiger partial charge in [-0.3, -0.25) is 0 Å². The molecule has 1 aromatic rings. The minimum Gasteiger partial charge on any atom is -0.386 e. The summed E-state index contributed by atoms with van der Waals surface area (Å²) in [6.45, 7) is 0.404. The van der Waals surface area contributed by atoms with Crippen LogP contribution in [0.2, 0.25) is 0 Å². The summed E-state index contributed by atoms with van der Waals surface area (Å²) in [6, 6.07) is 9.56. The highest BCUT2D eigenvalue weighted by molar-refractivity contribution is 5.16. The molecule has 1 N–H and O–H groups in total. The zero-order chi connectivity index (χ0) is 15.7. The quantitative estimate of drug-likeness (QED) is 0.890. The highest BCUT2D eigenvalue weighted by Crippen LogP contribution is 2.35. The third kappa shape index (κ3) is 2.90. The smallest absolute Gasteiger partial charge is 0.185 e. The molecule has 0 radical (unpaired) electrons. The highest BCUT2D eigenvalue weighted by atomic mass is 16.7. The van der Waals surface area contributed by atoms with E-state index in [1.54, 1.807) is 0 Å². The van der Waals surface area contributed by atoms with Crippen LogP contribution in [0.1, 0.15) is 11.9 Å². The second-order valence-electron chi connectivity index (χ2n) is 5.90. The lowest BCUT2D eigenvalue weighted by Crippen LogP contribution is -2.66. The molecule has 0 unspecified atom stereocenters. The molecule has 0 spiro atoms. The molecule has 0 bridgehead atoms. The Balaban J connectivity index is 1.81. The van der Waals surface area contributed by atoms with Crippen LogP contribution >= 0.6 is 0 Å². The van der Waals surface area contributed by atoms with Gasteiger partial charge in [-0.2, -0.15) is 0 Å². The molecule has 0 aliphatic carbocycles. The molecule has 2 heterocycles. The van der Waals surface area contributed by atoms with Crippen LogP contribution < -0.4 is 0 Å². The van der Waals surface area contributed by atoms with Crippen LogP contribution in [-0.2, 0) is 18.9 Å². The van der Waals surface area contributed by atoms with Crippen LogP contribution in [0.3, 0.4) is 0 Å². The van der Waals surface area contributed by atoms with E-state index in [1.165, 1.54) is 7.11 Å². The molecule has 0 aromatic heterocycles. The Labute approximate surface area is 130 Å². The van der Waals surface area contributed by atoms with Gasteiger partial charge < -0.3 is 29.0 Å². The number of hydrogen-bond donors (Lipinski definition) is 1. The van der Waals surface area contributed by atoms with Gasteiger partial charge in [0.1, 0.15) is 18.3 Å². The van der Waals surface area contributed by atoms with E-state index in [1.807, 2.05) is 49.3 Å². The van der Waals surface area contributed by atoms with Crippen molar-refractivity contribution in [2.24, 2.45) is 0 Å². The maximum absolute atomic E-state index is 10.5. The lowest BCUT2D eigenvalue weighted by molar-refractivity contribution is -0.348. The first-order valence-electron chi connectivity index (χ1n) is 7.46. The molecule has 1 aromatic carbocycles. The van der Waals surface area contributed by atoms with Gasteiger partial charge in [0, 0.05) is 12.7 Å². The molecule has 0 amide bonds. The van der Waals surface area contributed by atoms with Gasteiger partial charge in [-0.1, -0.05) is 30.3 Å². The summed E-state index contributed by atoms with van der Waals surface area (Å²) < 4.78 is 22.9. The van der Waals surface area contributed by atoms with Crippen LogP contribution in [-0.4, -0.2) is 68.5 Å². The lowest BCUT2D eigenvalue weighted by atomic mass is 9.94. The molecule has 122 valence electrons. The summed E-state index contributed by atoms with van der Waals surface area (Å²) in [5.41, 5.74) is 0.960. The van der Waals surface area contributed by atoms with E-state index in [0.717, 1.165) is 5.56 Å². The lowest BCUT2D eigenvalue weighted by Gasteiger charge is -2.49. The van der Waals surface area contributed by atoms with Gasteiger partial charge in [0.25, 0.3) is 0 Å². The van der Waals surface area contributed by atoms with Crippen molar-refractivity contribution in [3.05, 3.63) is 35.9 Å². The van der Waals surface area contributed by atoms with Crippen molar-refractivity contribution < 1.29 is 24.1 Å². The first-order chi connectivity index (χ1) is 10.6. The Hall–Kier alpha value is -1.02. The number of aliphatic hydroxyl groups is 1. The molecule has 6 nitrogen and oxygen atoms in total. The van der Waals surface area contributed by atoms with Crippen molar-refractivity contribution in [1.29, 1.82) is 0 Å². The fourth-order valence-corrected chi connectivity index (χ4v) is 3.15. The average Bonchev–Trinajstić information content (AvgIpc) is 2.54. The largest absolute Gasteiger partial charge is 0.386 e. The van der Waals surface area contributed by atoms with Gasteiger partial charge in [-0.05, 0) is 14.1 Å². The number of fused-ring (bicyclic) bond motifs is 1. The van der Waals surface area contributed by atoms with Gasteiger partial charge in [-0.25, -0.2) is 0 Å². The van der Waals surface area contributed by atoms with Crippen LogP contribution in [0.5, 0.6) is 0 Å². The average molecular weight is 309 g/mol. The van der Waals surface area contributed by atoms with Gasteiger partial charge in [0.05, 0.1) is 12.6 Å². The van der Waals surface area contributed by atoms with Crippen molar-refractivity contribution >= 4 is 0 Å². The second kappa shape index (κ2) is 6.62. The maximum Gasteiger partial charge on any atom is 0.185 e. The number of rotatable bonds is 3. The van der Waals surface area contributed by atoms with Gasteiger partial charge in [-0.15, -0.1) is 0 Å². The number of likely N-dealkylation sites (N-methyl/N-ethyl adjacent to an activating group) is 1. The number of ether oxygens (including phenoxy) is 4. The van der Waals surface area contributed by atoms with Gasteiger partial charge >= 0.3 is 0 Å². The second-order valence-corrected chi connectivity index (χ2v) is 5.90. The van der Waals surface area contributed by atoms with Crippen molar-refractivity contribution in [3.8, 4) is 0 Å². The molecule has 2 aliphatic heterocycles. The van der Waals surface area contributed by atoms with Crippen molar-refractivity contribution in [3.63, 3.8) is 0 Å². The molecule has 6 heteroatoms. The van der Waals surface area contributed by atoms with Crippen LogP contribution in [0.4, 0.5) is 0 Å². The minimum atomic E-state index is -0.782. The van der Waals surface area contributed by atoms with E-state index in [9.17, 15) is 5.11 Å². The van der Waals surface area contributed by atoms with E-state index in [0.29, 0.717) is 6.61 Å². The molecule has 22 heavy (non-hydrogen) atoms. The Morgan fingerprint density at radius 1 is 1.18 bits per heavy atom. The zero-order valence-electron chi connectivity index (χ0n) is 13.1. The molecule has 2 saturated heterocycles. The summed E-state index contributed by atoms with van der Waals surface area (Å²) in [5, 5.41) is 10.5. The Morgan fingerprint density at radius 2 is 1.91 bits per heavy atom. The summed E-state index contributed by atoms with van der Waals surface area (Å²) in [7, 11) is 5.36. The Bertz CT molecular complexity index is 483. The van der Waals surface area contributed by atoms with E-state index >= 15 is 0 Å². The highest BCUT2D eigenvalue weighted by Gasteiger charge is 2.50.